The second-order valence-electron chi connectivity index (χ2n) is 8.17. The van der Waals surface area contributed by atoms with E-state index in [0.717, 1.165) is 48.9 Å². The Labute approximate surface area is 185 Å². The maximum atomic E-state index is 13.2. The standard InChI is InChI=1S/C25H26N4OS/c30-25-23-21-9-8-20(27-13-10-19-7-4-12-26-16-19)15-22(21)31-24(23)28-17-29(25)14-11-18-5-2-1-3-6-18/h1-7,12,16-17,20,27H,8-11,13-15H2. The molecule has 0 aliphatic heterocycles. The Kier molecular flexibility index (Phi) is 5.91. The molecule has 0 saturated heterocycles. The summed E-state index contributed by atoms with van der Waals surface area (Å²) in [5.74, 6) is 0. The number of fused-ring (bicyclic) bond motifs is 3. The van der Waals surface area contributed by atoms with Crippen molar-refractivity contribution in [2.75, 3.05) is 6.54 Å². The second-order valence-corrected chi connectivity index (χ2v) is 9.25. The first-order chi connectivity index (χ1) is 15.3. The van der Waals surface area contributed by atoms with E-state index < -0.39 is 0 Å². The molecule has 1 aliphatic rings. The van der Waals surface area contributed by atoms with Crippen LogP contribution in [0.5, 0.6) is 0 Å². The van der Waals surface area contributed by atoms with Gasteiger partial charge in [0.2, 0.25) is 0 Å². The number of rotatable bonds is 7. The van der Waals surface area contributed by atoms with Crippen molar-refractivity contribution < 1.29 is 0 Å². The van der Waals surface area contributed by atoms with Crippen LogP contribution >= 0.6 is 11.3 Å². The first-order valence-electron chi connectivity index (χ1n) is 10.9. The van der Waals surface area contributed by atoms with Crippen molar-refractivity contribution in [3.8, 4) is 0 Å². The molecule has 0 fully saturated rings. The zero-order valence-corrected chi connectivity index (χ0v) is 18.3. The molecule has 1 aromatic carbocycles. The van der Waals surface area contributed by atoms with E-state index in [0.29, 0.717) is 12.6 Å². The van der Waals surface area contributed by atoms with Crippen molar-refractivity contribution in [3.63, 3.8) is 0 Å². The van der Waals surface area contributed by atoms with E-state index in [2.05, 4.69) is 33.5 Å². The lowest BCUT2D eigenvalue weighted by Crippen LogP contribution is -2.35. The van der Waals surface area contributed by atoms with Gasteiger partial charge in [0.1, 0.15) is 4.83 Å². The fraction of sp³-hybridized carbons (Fsp3) is 0.320. The number of aryl methyl sites for hydroxylation is 3. The minimum atomic E-state index is 0.112. The van der Waals surface area contributed by atoms with Crippen molar-refractivity contribution in [2.45, 2.75) is 44.7 Å². The summed E-state index contributed by atoms with van der Waals surface area (Å²) in [6.45, 7) is 1.61. The molecule has 3 heterocycles. The van der Waals surface area contributed by atoms with Crippen LogP contribution in [0.25, 0.3) is 10.2 Å². The molecule has 1 atom stereocenters. The number of aromatic nitrogens is 3. The SMILES string of the molecule is O=c1c2c3c(sc2ncn1CCc1ccccc1)CC(NCCc1cccnc1)CC3. The number of hydrogen-bond acceptors (Lipinski definition) is 5. The van der Waals surface area contributed by atoms with Gasteiger partial charge in [-0.3, -0.25) is 14.3 Å². The lowest BCUT2D eigenvalue weighted by Gasteiger charge is -2.23. The van der Waals surface area contributed by atoms with Crippen molar-refractivity contribution in [1.29, 1.82) is 0 Å². The largest absolute Gasteiger partial charge is 0.313 e. The Morgan fingerprint density at radius 1 is 1.10 bits per heavy atom. The molecule has 1 N–H and O–H groups in total. The lowest BCUT2D eigenvalue weighted by molar-refractivity contribution is 0.466. The van der Waals surface area contributed by atoms with E-state index >= 15 is 0 Å². The molecule has 3 aromatic heterocycles. The van der Waals surface area contributed by atoms with Crippen molar-refractivity contribution >= 4 is 21.6 Å². The third kappa shape index (κ3) is 4.45. The van der Waals surface area contributed by atoms with Gasteiger partial charge < -0.3 is 5.32 Å². The molecule has 0 bridgehead atoms. The molecule has 0 saturated carbocycles. The van der Waals surface area contributed by atoms with Gasteiger partial charge >= 0.3 is 0 Å². The molecular weight excluding hydrogens is 404 g/mol. The van der Waals surface area contributed by atoms with E-state index in [9.17, 15) is 4.79 Å². The Bertz CT molecular complexity index is 1220. The zero-order valence-electron chi connectivity index (χ0n) is 17.5. The van der Waals surface area contributed by atoms with Crippen LogP contribution in [0.1, 0.15) is 28.0 Å². The predicted octanol–water partition coefficient (Wildman–Crippen LogP) is 3.79. The molecule has 0 radical (unpaired) electrons. The van der Waals surface area contributed by atoms with Crippen LogP contribution in [0.15, 0.2) is 66.0 Å². The molecule has 158 valence electrons. The van der Waals surface area contributed by atoms with Crippen molar-refractivity contribution in [2.24, 2.45) is 0 Å². The van der Waals surface area contributed by atoms with E-state index in [1.54, 1.807) is 22.2 Å². The monoisotopic (exact) mass is 430 g/mol. The highest BCUT2D eigenvalue weighted by Crippen LogP contribution is 2.33. The van der Waals surface area contributed by atoms with Crippen LogP contribution in [-0.4, -0.2) is 27.1 Å². The van der Waals surface area contributed by atoms with Gasteiger partial charge in [0.05, 0.1) is 11.7 Å². The smallest absolute Gasteiger partial charge is 0.262 e. The molecule has 4 aromatic rings. The number of thiophene rings is 1. The van der Waals surface area contributed by atoms with Crippen LogP contribution < -0.4 is 10.9 Å². The highest BCUT2D eigenvalue weighted by atomic mass is 32.1. The fourth-order valence-corrected chi connectivity index (χ4v) is 5.65. The maximum absolute atomic E-state index is 13.2. The minimum absolute atomic E-state index is 0.112. The molecule has 1 aliphatic carbocycles. The number of nitrogens with one attached hydrogen (secondary N) is 1. The lowest BCUT2D eigenvalue weighted by atomic mass is 9.93. The van der Waals surface area contributed by atoms with Gasteiger partial charge in [-0.15, -0.1) is 11.3 Å². The summed E-state index contributed by atoms with van der Waals surface area (Å²) in [5, 5.41) is 4.55. The summed E-state index contributed by atoms with van der Waals surface area (Å²) in [6, 6.07) is 14.9. The molecular formula is C25H26N4OS. The highest BCUT2D eigenvalue weighted by molar-refractivity contribution is 7.18. The first kappa shape index (κ1) is 20.1. The predicted molar refractivity (Wildman–Crippen MR) is 126 cm³/mol. The summed E-state index contributed by atoms with van der Waals surface area (Å²) in [7, 11) is 0. The topological polar surface area (TPSA) is 59.8 Å². The van der Waals surface area contributed by atoms with Gasteiger partial charge in [-0.05, 0) is 61.4 Å². The number of nitrogens with zero attached hydrogens (tertiary/aromatic N) is 3. The quantitative estimate of drug-likeness (QED) is 0.485. The van der Waals surface area contributed by atoms with Gasteiger partial charge in [-0.25, -0.2) is 4.98 Å². The second kappa shape index (κ2) is 9.12. The zero-order chi connectivity index (χ0) is 21.0. The normalized spacial score (nSPS) is 15.8. The van der Waals surface area contributed by atoms with Crippen molar-refractivity contribution in [3.05, 3.63) is 93.1 Å². The average Bonchev–Trinajstić information content (AvgIpc) is 3.18. The summed E-state index contributed by atoms with van der Waals surface area (Å²) in [4.78, 5) is 24.2. The van der Waals surface area contributed by atoms with E-state index in [1.807, 2.05) is 36.7 Å². The Hall–Kier alpha value is -2.83. The number of pyridine rings is 1. The first-order valence-corrected chi connectivity index (χ1v) is 11.8. The third-order valence-corrected chi connectivity index (χ3v) is 7.25. The van der Waals surface area contributed by atoms with Gasteiger partial charge in [-0.2, -0.15) is 0 Å². The van der Waals surface area contributed by atoms with Gasteiger partial charge in [0.25, 0.3) is 5.56 Å². The third-order valence-electron chi connectivity index (χ3n) is 6.09. The van der Waals surface area contributed by atoms with Crippen molar-refractivity contribution in [1.82, 2.24) is 19.9 Å². The average molecular weight is 431 g/mol. The Morgan fingerprint density at radius 3 is 2.81 bits per heavy atom. The van der Waals surface area contributed by atoms with E-state index in [1.165, 1.54) is 21.6 Å². The number of hydrogen-bond donors (Lipinski definition) is 1. The van der Waals surface area contributed by atoms with Gasteiger partial charge in [0, 0.05) is 29.9 Å². The van der Waals surface area contributed by atoms with Crippen LogP contribution in [0.4, 0.5) is 0 Å². The molecule has 1 unspecified atom stereocenters. The van der Waals surface area contributed by atoms with Crippen LogP contribution in [-0.2, 0) is 32.2 Å². The van der Waals surface area contributed by atoms with E-state index in [4.69, 9.17) is 0 Å². The fourth-order valence-electron chi connectivity index (χ4n) is 4.40. The van der Waals surface area contributed by atoms with E-state index in [-0.39, 0.29) is 5.56 Å². The highest BCUT2D eigenvalue weighted by Gasteiger charge is 2.25. The summed E-state index contributed by atoms with van der Waals surface area (Å²) in [5.41, 5.74) is 3.84. The maximum Gasteiger partial charge on any atom is 0.262 e. The molecule has 6 heteroatoms. The summed E-state index contributed by atoms with van der Waals surface area (Å²) < 4.78 is 1.78. The Balaban J connectivity index is 1.28. The molecule has 0 amide bonds. The number of benzene rings is 1. The summed E-state index contributed by atoms with van der Waals surface area (Å²) in [6.07, 6.45) is 10.3. The molecule has 5 rings (SSSR count). The minimum Gasteiger partial charge on any atom is -0.313 e. The summed E-state index contributed by atoms with van der Waals surface area (Å²) >= 11 is 1.70. The molecule has 5 nitrogen and oxygen atoms in total. The van der Waals surface area contributed by atoms with Crippen LogP contribution in [0, 0.1) is 0 Å². The Morgan fingerprint density at radius 2 is 1.97 bits per heavy atom. The molecule has 0 spiro atoms. The van der Waals surface area contributed by atoms with Crippen LogP contribution in [0.2, 0.25) is 0 Å². The van der Waals surface area contributed by atoms with Crippen LogP contribution in [0.3, 0.4) is 0 Å². The molecule has 31 heavy (non-hydrogen) atoms. The van der Waals surface area contributed by atoms with Gasteiger partial charge in [-0.1, -0.05) is 36.4 Å². The van der Waals surface area contributed by atoms with Gasteiger partial charge in [0.15, 0.2) is 0 Å².